The number of benzene rings is 1. The summed E-state index contributed by atoms with van der Waals surface area (Å²) in [5, 5.41) is 1.62. The van der Waals surface area contributed by atoms with Crippen LogP contribution in [0.4, 0.5) is 0 Å². The molecule has 0 aliphatic heterocycles. The Balaban J connectivity index is 1.41. The van der Waals surface area contributed by atoms with Crippen molar-refractivity contribution in [2.75, 3.05) is 0 Å². The molecule has 1 aliphatic rings. The smallest absolute Gasteiger partial charge is 0.258 e. The summed E-state index contributed by atoms with van der Waals surface area (Å²) in [7, 11) is 0. The van der Waals surface area contributed by atoms with Crippen LogP contribution in [-0.4, -0.2) is 24.5 Å². The van der Waals surface area contributed by atoms with Crippen molar-refractivity contribution >= 4 is 22.2 Å². The van der Waals surface area contributed by atoms with Gasteiger partial charge in [-0.1, -0.05) is 12.1 Å². The van der Waals surface area contributed by atoms with Crippen LogP contribution in [0.3, 0.4) is 0 Å². The SMILES string of the molecule is O=c1[nH]c(CCn2ccnc2-c2nc3c(s2)CCCC3)nc2ccccc12. The summed E-state index contributed by atoms with van der Waals surface area (Å²) in [5.74, 6) is 1.59. The van der Waals surface area contributed by atoms with Gasteiger partial charge < -0.3 is 9.55 Å². The molecule has 1 N–H and O–H groups in total. The number of H-pyrrole nitrogens is 1. The summed E-state index contributed by atoms with van der Waals surface area (Å²) in [6.07, 6.45) is 9.11. The first-order valence-electron chi connectivity index (χ1n) is 9.26. The van der Waals surface area contributed by atoms with Crippen LogP contribution in [0.2, 0.25) is 0 Å². The number of fused-ring (bicyclic) bond motifs is 2. The van der Waals surface area contributed by atoms with Gasteiger partial charge >= 0.3 is 0 Å². The van der Waals surface area contributed by atoms with E-state index in [1.54, 1.807) is 17.4 Å². The largest absolute Gasteiger partial charge is 0.329 e. The second kappa shape index (κ2) is 6.74. The van der Waals surface area contributed by atoms with Crippen molar-refractivity contribution in [1.82, 2.24) is 24.5 Å². The third kappa shape index (κ3) is 3.08. The molecule has 0 saturated carbocycles. The minimum absolute atomic E-state index is 0.0888. The highest BCUT2D eigenvalue weighted by molar-refractivity contribution is 7.15. The van der Waals surface area contributed by atoms with Gasteiger partial charge in [0.15, 0.2) is 10.8 Å². The van der Waals surface area contributed by atoms with E-state index < -0.39 is 0 Å². The van der Waals surface area contributed by atoms with Gasteiger partial charge in [-0.2, -0.15) is 0 Å². The predicted octanol–water partition coefficient (Wildman–Crippen LogP) is 3.36. The number of rotatable bonds is 4. The van der Waals surface area contributed by atoms with Crippen LogP contribution in [0.15, 0.2) is 41.5 Å². The summed E-state index contributed by atoms with van der Waals surface area (Å²) in [6, 6.07) is 7.42. The van der Waals surface area contributed by atoms with Gasteiger partial charge in [-0.25, -0.2) is 15.0 Å². The Kier molecular flexibility index (Phi) is 4.09. The van der Waals surface area contributed by atoms with Gasteiger partial charge in [0, 0.05) is 30.2 Å². The zero-order valence-electron chi connectivity index (χ0n) is 14.8. The number of imidazole rings is 1. The Bertz CT molecular complexity index is 1150. The van der Waals surface area contributed by atoms with Crippen molar-refractivity contribution in [3.8, 4) is 10.8 Å². The van der Waals surface area contributed by atoms with Crippen LogP contribution in [0.1, 0.15) is 29.2 Å². The maximum Gasteiger partial charge on any atom is 0.258 e. The van der Waals surface area contributed by atoms with Gasteiger partial charge in [-0.3, -0.25) is 4.79 Å². The fourth-order valence-electron chi connectivity index (χ4n) is 3.61. The molecule has 6 nitrogen and oxygen atoms in total. The number of aromatic amines is 1. The standard InChI is InChI=1S/C20H19N5OS/c26-19-13-5-1-2-6-14(13)22-17(24-19)9-11-25-12-10-21-18(25)20-23-15-7-3-4-8-16(15)27-20/h1-2,5-6,10,12H,3-4,7-9,11H2,(H,22,24,26). The van der Waals surface area contributed by atoms with Crippen molar-refractivity contribution in [2.45, 2.75) is 38.6 Å². The van der Waals surface area contributed by atoms with Crippen LogP contribution in [-0.2, 0) is 25.8 Å². The van der Waals surface area contributed by atoms with Gasteiger partial charge in [0.2, 0.25) is 0 Å². The molecule has 1 aliphatic carbocycles. The van der Waals surface area contributed by atoms with E-state index in [9.17, 15) is 4.79 Å². The monoisotopic (exact) mass is 377 g/mol. The normalized spacial score (nSPS) is 13.8. The number of nitrogens with zero attached hydrogens (tertiary/aromatic N) is 4. The minimum atomic E-state index is -0.0888. The van der Waals surface area contributed by atoms with Gasteiger partial charge in [-0.15, -0.1) is 11.3 Å². The van der Waals surface area contributed by atoms with Crippen molar-refractivity contribution in [1.29, 1.82) is 0 Å². The van der Waals surface area contributed by atoms with Gasteiger partial charge in [0.25, 0.3) is 5.56 Å². The Hall–Kier alpha value is -2.80. The van der Waals surface area contributed by atoms with E-state index >= 15 is 0 Å². The second-order valence-corrected chi connectivity index (χ2v) is 7.90. The molecular weight excluding hydrogens is 358 g/mol. The molecule has 0 saturated heterocycles. The third-order valence-corrected chi connectivity index (χ3v) is 6.16. The molecule has 136 valence electrons. The lowest BCUT2D eigenvalue weighted by atomic mass is 10.0. The quantitative estimate of drug-likeness (QED) is 0.592. The van der Waals surface area contributed by atoms with Crippen LogP contribution < -0.4 is 5.56 Å². The number of aromatic nitrogens is 5. The van der Waals surface area contributed by atoms with Crippen LogP contribution in [0.5, 0.6) is 0 Å². The fourth-order valence-corrected chi connectivity index (χ4v) is 4.78. The zero-order valence-corrected chi connectivity index (χ0v) is 15.6. The molecule has 0 unspecified atom stereocenters. The van der Waals surface area contributed by atoms with E-state index in [0.29, 0.717) is 24.2 Å². The Labute approximate surface area is 160 Å². The summed E-state index contributed by atoms with van der Waals surface area (Å²) < 4.78 is 2.10. The summed E-state index contributed by atoms with van der Waals surface area (Å²) in [5.41, 5.74) is 1.89. The highest BCUT2D eigenvalue weighted by atomic mass is 32.1. The Morgan fingerprint density at radius 1 is 1.15 bits per heavy atom. The van der Waals surface area contributed by atoms with E-state index in [0.717, 1.165) is 29.2 Å². The first-order chi connectivity index (χ1) is 13.3. The average Bonchev–Trinajstić information content (AvgIpc) is 3.32. The van der Waals surface area contributed by atoms with Gasteiger partial charge in [-0.05, 0) is 37.8 Å². The van der Waals surface area contributed by atoms with Crippen molar-refractivity contribution in [3.63, 3.8) is 0 Å². The average molecular weight is 377 g/mol. The first-order valence-corrected chi connectivity index (χ1v) is 10.1. The molecule has 0 spiro atoms. The molecule has 4 aromatic rings. The summed E-state index contributed by atoms with van der Waals surface area (Å²) in [4.78, 5) is 30.5. The number of thiazole rings is 1. The molecule has 1 aromatic carbocycles. The van der Waals surface area contributed by atoms with E-state index in [1.807, 2.05) is 30.6 Å². The minimum Gasteiger partial charge on any atom is -0.329 e. The molecule has 3 aromatic heterocycles. The number of para-hydroxylation sites is 1. The highest BCUT2D eigenvalue weighted by Crippen LogP contribution is 2.31. The van der Waals surface area contributed by atoms with Gasteiger partial charge in [0.1, 0.15) is 5.82 Å². The topological polar surface area (TPSA) is 76.5 Å². The van der Waals surface area contributed by atoms with E-state index in [1.165, 1.54) is 23.4 Å². The molecule has 7 heteroatoms. The molecule has 3 heterocycles. The molecule has 0 fully saturated rings. The van der Waals surface area contributed by atoms with E-state index in [2.05, 4.69) is 19.5 Å². The number of aryl methyl sites for hydroxylation is 4. The number of nitrogens with one attached hydrogen (secondary N) is 1. The van der Waals surface area contributed by atoms with E-state index in [-0.39, 0.29) is 5.56 Å². The lowest BCUT2D eigenvalue weighted by Gasteiger charge is -2.07. The summed E-state index contributed by atoms with van der Waals surface area (Å²) >= 11 is 1.77. The van der Waals surface area contributed by atoms with Crippen molar-refractivity contribution in [3.05, 3.63) is 63.4 Å². The van der Waals surface area contributed by atoms with Crippen LogP contribution >= 0.6 is 11.3 Å². The fraction of sp³-hybridized carbons (Fsp3) is 0.300. The molecule has 5 rings (SSSR count). The predicted molar refractivity (Wildman–Crippen MR) is 106 cm³/mol. The first kappa shape index (κ1) is 16.4. The molecule has 27 heavy (non-hydrogen) atoms. The van der Waals surface area contributed by atoms with Crippen molar-refractivity contribution < 1.29 is 0 Å². The molecule has 0 atom stereocenters. The Morgan fingerprint density at radius 2 is 2.04 bits per heavy atom. The maximum atomic E-state index is 12.2. The molecule has 0 bridgehead atoms. The molecular formula is C20H19N5OS. The number of hydrogen-bond acceptors (Lipinski definition) is 5. The number of hydrogen-bond donors (Lipinski definition) is 1. The van der Waals surface area contributed by atoms with Crippen LogP contribution in [0.25, 0.3) is 21.7 Å². The van der Waals surface area contributed by atoms with Crippen LogP contribution in [0, 0.1) is 0 Å². The van der Waals surface area contributed by atoms with E-state index in [4.69, 9.17) is 4.98 Å². The van der Waals surface area contributed by atoms with Crippen molar-refractivity contribution in [2.24, 2.45) is 0 Å². The third-order valence-electron chi connectivity index (χ3n) is 5.00. The molecule has 0 amide bonds. The van der Waals surface area contributed by atoms with Gasteiger partial charge in [0.05, 0.1) is 16.6 Å². The lowest BCUT2D eigenvalue weighted by molar-refractivity contribution is 0.673. The molecule has 0 radical (unpaired) electrons. The zero-order chi connectivity index (χ0) is 18.2. The Morgan fingerprint density at radius 3 is 2.96 bits per heavy atom. The maximum absolute atomic E-state index is 12.2. The highest BCUT2D eigenvalue weighted by Gasteiger charge is 2.18. The lowest BCUT2D eigenvalue weighted by Crippen LogP contribution is -2.14. The second-order valence-electron chi connectivity index (χ2n) is 6.82. The summed E-state index contributed by atoms with van der Waals surface area (Å²) in [6.45, 7) is 0.695.